The Kier molecular flexibility index (Phi) is 5.66. The first-order chi connectivity index (χ1) is 11.4. The van der Waals surface area contributed by atoms with E-state index >= 15 is 0 Å². The van der Waals surface area contributed by atoms with E-state index in [2.05, 4.69) is 45.5 Å². The molecule has 2 aromatic heterocycles. The normalized spacial score (nSPS) is 15.2. The second-order valence-corrected chi connectivity index (χ2v) is 10.4. The topological polar surface area (TPSA) is 80.9 Å². The lowest BCUT2D eigenvalue weighted by molar-refractivity contribution is 0.0551. The minimum Gasteiger partial charge on any atom is -0.331 e. The third-order valence-corrected chi connectivity index (χ3v) is 5.08. The van der Waals surface area contributed by atoms with Gasteiger partial charge in [0.1, 0.15) is 0 Å². The highest BCUT2D eigenvalue weighted by atomic mass is 35.5. The number of alkyl halides is 3. The van der Waals surface area contributed by atoms with Gasteiger partial charge in [-0.3, -0.25) is 10.1 Å². The Morgan fingerprint density at radius 1 is 1.32 bits per heavy atom. The van der Waals surface area contributed by atoms with Crippen LogP contribution in [0.25, 0.3) is 11.4 Å². The standard InChI is InChI=1S/C15H20ClF2N4O2P/c1-14(2,3)9-20-25(4,23)8-11-6-5-10(7-19-11)12-21-13(24-22-12)15(16,17)18/h5-7H,8-9H2,1-4H3,(H,20,23). The van der Waals surface area contributed by atoms with Gasteiger partial charge in [-0.1, -0.05) is 25.9 Å². The van der Waals surface area contributed by atoms with Crippen LogP contribution in [0.5, 0.6) is 0 Å². The smallest absolute Gasteiger partial charge is 0.331 e. The molecular weight excluding hydrogens is 373 g/mol. The molecule has 2 rings (SSSR count). The molecule has 0 aromatic carbocycles. The maximum Gasteiger partial charge on any atom is 0.400 e. The van der Waals surface area contributed by atoms with Crippen molar-refractivity contribution in [2.45, 2.75) is 32.3 Å². The summed E-state index contributed by atoms with van der Waals surface area (Å²) in [5, 5.41) is 2.83. The van der Waals surface area contributed by atoms with Crippen molar-refractivity contribution in [1.82, 2.24) is 20.2 Å². The van der Waals surface area contributed by atoms with E-state index in [1.807, 2.05) is 0 Å². The molecule has 25 heavy (non-hydrogen) atoms. The number of hydrogen-bond acceptors (Lipinski definition) is 5. The molecule has 1 unspecified atom stereocenters. The lowest BCUT2D eigenvalue weighted by Gasteiger charge is -2.22. The Hall–Kier alpha value is -1.37. The van der Waals surface area contributed by atoms with Gasteiger partial charge in [0.25, 0.3) is 0 Å². The largest absolute Gasteiger partial charge is 0.400 e. The Balaban J connectivity index is 2.07. The van der Waals surface area contributed by atoms with Crippen molar-refractivity contribution in [1.29, 1.82) is 0 Å². The van der Waals surface area contributed by atoms with Crippen LogP contribution in [0.3, 0.4) is 0 Å². The Morgan fingerprint density at radius 2 is 2.00 bits per heavy atom. The molecule has 0 saturated carbocycles. The summed E-state index contributed by atoms with van der Waals surface area (Å²) in [5.74, 6) is -1.02. The fourth-order valence-electron chi connectivity index (χ4n) is 1.88. The van der Waals surface area contributed by atoms with E-state index in [1.165, 1.54) is 6.20 Å². The summed E-state index contributed by atoms with van der Waals surface area (Å²) in [4.78, 5) is 7.75. The van der Waals surface area contributed by atoms with Crippen LogP contribution >= 0.6 is 18.9 Å². The average Bonchev–Trinajstić information content (AvgIpc) is 2.95. The molecule has 0 fully saturated rings. The number of nitrogens with one attached hydrogen (secondary N) is 1. The highest BCUT2D eigenvalue weighted by molar-refractivity contribution is 7.60. The second-order valence-electron chi connectivity index (χ2n) is 7.11. The molecule has 0 spiro atoms. The molecule has 2 aromatic rings. The molecule has 2 heterocycles. The van der Waals surface area contributed by atoms with E-state index in [-0.39, 0.29) is 17.4 Å². The first-order valence-electron chi connectivity index (χ1n) is 7.54. The van der Waals surface area contributed by atoms with Gasteiger partial charge in [-0.05, 0) is 29.1 Å². The highest BCUT2D eigenvalue weighted by Crippen LogP contribution is 2.40. The van der Waals surface area contributed by atoms with Gasteiger partial charge >= 0.3 is 11.3 Å². The minimum absolute atomic E-state index is 0.0176. The quantitative estimate of drug-likeness (QED) is 0.577. The van der Waals surface area contributed by atoms with Gasteiger partial charge in [0, 0.05) is 30.7 Å². The molecule has 1 atom stereocenters. The average molecular weight is 393 g/mol. The monoisotopic (exact) mass is 392 g/mol. The van der Waals surface area contributed by atoms with Crippen molar-refractivity contribution in [2.24, 2.45) is 5.41 Å². The van der Waals surface area contributed by atoms with Gasteiger partial charge in [0.2, 0.25) is 5.82 Å². The zero-order valence-electron chi connectivity index (χ0n) is 14.4. The summed E-state index contributed by atoms with van der Waals surface area (Å²) in [6.45, 7) is 8.45. The molecule has 0 radical (unpaired) electrons. The molecular formula is C15H20ClF2N4O2P. The number of rotatable bonds is 6. The van der Waals surface area contributed by atoms with Crippen LogP contribution in [0.15, 0.2) is 22.9 Å². The summed E-state index contributed by atoms with van der Waals surface area (Å²) in [5.41, 5.74) is 1.03. The van der Waals surface area contributed by atoms with Gasteiger partial charge in [0.05, 0.1) is 6.16 Å². The van der Waals surface area contributed by atoms with E-state index < -0.39 is 18.6 Å². The van der Waals surface area contributed by atoms with E-state index in [0.717, 1.165) is 0 Å². The Morgan fingerprint density at radius 3 is 2.48 bits per heavy atom. The minimum atomic E-state index is -3.72. The van der Waals surface area contributed by atoms with E-state index in [0.29, 0.717) is 17.8 Å². The Bertz CT molecular complexity index is 769. The summed E-state index contributed by atoms with van der Waals surface area (Å²) >= 11 is 4.84. The summed E-state index contributed by atoms with van der Waals surface area (Å²) < 4.78 is 42.9. The van der Waals surface area contributed by atoms with Gasteiger partial charge < -0.3 is 9.09 Å². The molecule has 0 saturated heterocycles. The van der Waals surface area contributed by atoms with Crippen molar-refractivity contribution in [3.63, 3.8) is 0 Å². The summed E-state index contributed by atoms with van der Waals surface area (Å²) in [6, 6.07) is 3.26. The van der Waals surface area contributed by atoms with E-state index in [9.17, 15) is 13.3 Å². The molecule has 0 amide bonds. The van der Waals surface area contributed by atoms with Crippen molar-refractivity contribution in [3.8, 4) is 11.4 Å². The number of nitrogens with zero attached hydrogens (tertiary/aromatic N) is 3. The van der Waals surface area contributed by atoms with Gasteiger partial charge in [0.15, 0.2) is 7.29 Å². The van der Waals surface area contributed by atoms with Crippen LogP contribution in [-0.2, 0) is 16.1 Å². The molecule has 0 bridgehead atoms. The predicted octanol–water partition coefficient (Wildman–Crippen LogP) is 4.46. The molecule has 138 valence electrons. The number of hydrogen-bond donors (Lipinski definition) is 1. The van der Waals surface area contributed by atoms with Crippen LogP contribution < -0.4 is 5.09 Å². The fraction of sp³-hybridized carbons (Fsp3) is 0.533. The maximum absolute atomic E-state index is 12.9. The van der Waals surface area contributed by atoms with Crippen LogP contribution in [0, 0.1) is 5.41 Å². The number of aromatic nitrogens is 3. The van der Waals surface area contributed by atoms with Gasteiger partial charge in [-0.15, -0.1) is 0 Å². The number of pyridine rings is 1. The summed E-state index contributed by atoms with van der Waals surface area (Å²) in [6.07, 6.45) is 1.70. The fourth-order valence-corrected chi connectivity index (χ4v) is 3.68. The lowest BCUT2D eigenvalue weighted by atomic mass is 9.98. The zero-order valence-corrected chi connectivity index (χ0v) is 16.0. The predicted molar refractivity (Wildman–Crippen MR) is 92.0 cm³/mol. The van der Waals surface area contributed by atoms with Gasteiger partial charge in [-0.2, -0.15) is 13.8 Å². The second kappa shape index (κ2) is 7.09. The van der Waals surface area contributed by atoms with E-state index in [4.69, 9.17) is 11.6 Å². The first kappa shape index (κ1) is 19.9. The van der Waals surface area contributed by atoms with E-state index in [1.54, 1.807) is 18.8 Å². The SMILES string of the molecule is CC(C)(C)CNP(C)(=O)Cc1ccc(-c2noc(C(F)(F)Cl)n2)cn1. The molecule has 6 nitrogen and oxygen atoms in total. The first-order valence-corrected chi connectivity index (χ1v) is 10.3. The third-order valence-electron chi connectivity index (χ3n) is 3.16. The van der Waals surface area contributed by atoms with Crippen LogP contribution in [0.2, 0.25) is 0 Å². The molecule has 10 heteroatoms. The van der Waals surface area contributed by atoms with Crippen molar-refractivity contribution < 1.29 is 17.9 Å². The third kappa shape index (κ3) is 6.13. The molecule has 0 aliphatic carbocycles. The lowest BCUT2D eigenvalue weighted by Crippen LogP contribution is -2.25. The summed E-state index contributed by atoms with van der Waals surface area (Å²) in [7, 11) is -2.59. The molecule has 1 N–H and O–H groups in total. The van der Waals surface area contributed by atoms with Crippen molar-refractivity contribution >= 4 is 18.9 Å². The Labute approximate surface area is 149 Å². The number of halogens is 3. The molecule has 0 aliphatic heterocycles. The van der Waals surface area contributed by atoms with Crippen molar-refractivity contribution in [2.75, 3.05) is 13.2 Å². The zero-order chi connectivity index (χ0) is 18.9. The van der Waals surface area contributed by atoms with Crippen molar-refractivity contribution in [3.05, 3.63) is 29.9 Å². The maximum atomic E-state index is 12.9. The van der Waals surface area contributed by atoms with Crippen LogP contribution in [0.4, 0.5) is 8.78 Å². The van der Waals surface area contributed by atoms with Gasteiger partial charge in [-0.25, -0.2) is 0 Å². The highest BCUT2D eigenvalue weighted by Gasteiger charge is 2.35. The molecule has 0 aliphatic rings. The van der Waals surface area contributed by atoms with Crippen LogP contribution in [-0.4, -0.2) is 28.3 Å². The van der Waals surface area contributed by atoms with Crippen LogP contribution in [0.1, 0.15) is 32.4 Å².